The Morgan fingerprint density at radius 1 is 1.38 bits per heavy atom. The molecule has 0 aliphatic carbocycles. The molecule has 0 atom stereocenters. The van der Waals surface area contributed by atoms with E-state index in [0.717, 1.165) is 12.1 Å². The summed E-state index contributed by atoms with van der Waals surface area (Å²) in [6, 6.07) is 3.30. The second kappa shape index (κ2) is 3.66. The van der Waals surface area contributed by atoms with E-state index in [1.165, 1.54) is 11.0 Å². The highest BCUT2D eigenvalue weighted by atomic mass is 35.5. The summed E-state index contributed by atoms with van der Waals surface area (Å²) in [4.78, 5) is 12.2. The zero-order valence-corrected chi connectivity index (χ0v) is 8.77. The maximum Gasteiger partial charge on any atom is 0.416 e. The number of halogens is 4. The van der Waals surface area contributed by atoms with Crippen LogP contribution in [0, 0.1) is 0 Å². The maximum absolute atomic E-state index is 12.4. The number of amides is 1. The second-order valence-electron chi connectivity index (χ2n) is 3.50. The third-order valence-electron chi connectivity index (χ3n) is 2.51. The highest BCUT2D eigenvalue weighted by Crippen LogP contribution is 2.35. The van der Waals surface area contributed by atoms with E-state index in [4.69, 9.17) is 11.6 Å². The molecule has 0 saturated heterocycles. The van der Waals surface area contributed by atoms with Crippen molar-refractivity contribution in [3.63, 3.8) is 0 Å². The van der Waals surface area contributed by atoms with Gasteiger partial charge in [-0.25, -0.2) is 0 Å². The van der Waals surface area contributed by atoms with Crippen molar-refractivity contribution in [1.29, 1.82) is 0 Å². The van der Waals surface area contributed by atoms with Crippen molar-refractivity contribution in [2.45, 2.75) is 12.6 Å². The Kier molecular flexibility index (Phi) is 2.58. The summed E-state index contributed by atoms with van der Waals surface area (Å²) in [5.41, 5.74) is 0.270. The van der Waals surface area contributed by atoms with Crippen molar-refractivity contribution in [2.24, 2.45) is 0 Å². The van der Waals surface area contributed by atoms with Gasteiger partial charge in [0.25, 0.3) is 0 Å². The molecule has 0 spiro atoms. The molecule has 0 radical (unpaired) electrons. The van der Waals surface area contributed by atoms with E-state index in [1.54, 1.807) is 0 Å². The average Bonchev–Trinajstić information content (AvgIpc) is 2.58. The standard InChI is InChI=1S/C10H7ClF3NO/c11-9(16)15-4-3-6-5-7(10(12,13)14)1-2-8(6)15/h1-2,5H,3-4H2. The van der Waals surface area contributed by atoms with Gasteiger partial charge in [-0.2, -0.15) is 13.2 Å². The van der Waals surface area contributed by atoms with Crippen LogP contribution in [0.1, 0.15) is 11.1 Å². The molecule has 1 aromatic rings. The van der Waals surface area contributed by atoms with Crippen molar-refractivity contribution in [1.82, 2.24) is 0 Å². The summed E-state index contributed by atoms with van der Waals surface area (Å²) in [6.45, 7) is 0.332. The lowest BCUT2D eigenvalue weighted by Crippen LogP contribution is -2.22. The van der Waals surface area contributed by atoms with Gasteiger partial charge in [0.1, 0.15) is 0 Å². The number of hydrogen-bond donors (Lipinski definition) is 0. The molecule has 0 N–H and O–H groups in total. The van der Waals surface area contributed by atoms with Crippen LogP contribution in [0.2, 0.25) is 0 Å². The average molecular weight is 250 g/mol. The van der Waals surface area contributed by atoms with Crippen LogP contribution in [-0.4, -0.2) is 11.9 Å². The summed E-state index contributed by atoms with van der Waals surface area (Å²) in [6.07, 6.45) is -3.95. The van der Waals surface area contributed by atoms with Crippen LogP contribution in [0.5, 0.6) is 0 Å². The van der Waals surface area contributed by atoms with Crippen molar-refractivity contribution in [3.8, 4) is 0 Å². The Hall–Kier alpha value is -1.23. The maximum atomic E-state index is 12.4. The van der Waals surface area contributed by atoms with Crippen LogP contribution in [0.3, 0.4) is 0 Å². The molecular weight excluding hydrogens is 243 g/mol. The molecular formula is C10H7ClF3NO. The number of carbonyl (C=O) groups is 1. The summed E-state index contributed by atoms with van der Waals surface area (Å²) < 4.78 is 37.2. The van der Waals surface area contributed by atoms with Crippen molar-refractivity contribution < 1.29 is 18.0 Å². The number of fused-ring (bicyclic) bond motifs is 1. The third kappa shape index (κ3) is 1.87. The quantitative estimate of drug-likeness (QED) is 0.510. The number of nitrogens with zero attached hydrogens (tertiary/aromatic N) is 1. The fraction of sp³-hybridized carbons (Fsp3) is 0.300. The SMILES string of the molecule is O=C(Cl)N1CCc2cc(C(F)(F)F)ccc21. The molecule has 2 nitrogen and oxygen atoms in total. The Balaban J connectivity index is 2.40. The first-order valence-corrected chi connectivity index (χ1v) is 4.94. The number of alkyl halides is 3. The minimum atomic E-state index is -4.35. The number of benzene rings is 1. The lowest BCUT2D eigenvalue weighted by molar-refractivity contribution is -0.137. The van der Waals surface area contributed by atoms with Gasteiger partial charge in [-0.15, -0.1) is 0 Å². The minimum Gasteiger partial charge on any atom is -0.298 e. The highest BCUT2D eigenvalue weighted by molar-refractivity contribution is 6.66. The van der Waals surface area contributed by atoms with Gasteiger partial charge < -0.3 is 0 Å². The largest absolute Gasteiger partial charge is 0.416 e. The van der Waals surface area contributed by atoms with E-state index in [2.05, 4.69) is 0 Å². The first-order valence-electron chi connectivity index (χ1n) is 4.57. The molecule has 1 heterocycles. The van der Waals surface area contributed by atoms with Gasteiger partial charge in [-0.1, -0.05) is 0 Å². The zero-order valence-electron chi connectivity index (χ0n) is 8.01. The van der Waals surface area contributed by atoms with E-state index in [-0.39, 0.29) is 0 Å². The molecule has 1 aromatic carbocycles. The van der Waals surface area contributed by atoms with Crippen LogP contribution in [0.4, 0.5) is 23.7 Å². The first kappa shape index (κ1) is 11.3. The third-order valence-corrected chi connectivity index (χ3v) is 2.72. The van der Waals surface area contributed by atoms with Crippen molar-refractivity contribution in [3.05, 3.63) is 29.3 Å². The van der Waals surface area contributed by atoms with Gasteiger partial charge in [0.2, 0.25) is 0 Å². The lowest BCUT2D eigenvalue weighted by Gasteiger charge is -2.14. The van der Waals surface area contributed by atoms with E-state index >= 15 is 0 Å². The molecule has 1 aliphatic heterocycles. The molecule has 2 rings (SSSR count). The van der Waals surface area contributed by atoms with E-state index in [0.29, 0.717) is 24.2 Å². The molecule has 86 valence electrons. The van der Waals surface area contributed by atoms with E-state index < -0.39 is 17.1 Å². The molecule has 0 saturated carbocycles. The normalized spacial score (nSPS) is 15.1. The van der Waals surface area contributed by atoms with Crippen LogP contribution in [0.15, 0.2) is 18.2 Å². The Labute approximate surface area is 94.6 Å². The van der Waals surface area contributed by atoms with Gasteiger partial charge in [0.15, 0.2) is 0 Å². The van der Waals surface area contributed by atoms with Crippen LogP contribution in [-0.2, 0) is 12.6 Å². The molecule has 0 bridgehead atoms. The minimum absolute atomic E-state index is 0.332. The monoisotopic (exact) mass is 249 g/mol. The van der Waals surface area contributed by atoms with E-state index in [1.807, 2.05) is 0 Å². The fourth-order valence-corrected chi connectivity index (χ4v) is 1.94. The van der Waals surface area contributed by atoms with Gasteiger partial charge in [-0.3, -0.25) is 9.69 Å². The van der Waals surface area contributed by atoms with Crippen LogP contribution < -0.4 is 4.90 Å². The van der Waals surface area contributed by atoms with Crippen LogP contribution >= 0.6 is 11.6 Å². The molecule has 0 fully saturated rings. The van der Waals surface area contributed by atoms with Crippen molar-refractivity contribution in [2.75, 3.05) is 11.4 Å². The predicted octanol–water partition coefficient (Wildman–Crippen LogP) is 3.43. The summed E-state index contributed by atoms with van der Waals surface area (Å²) in [5.74, 6) is 0. The topological polar surface area (TPSA) is 20.3 Å². The number of carbonyl (C=O) groups excluding carboxylic acids is 1. The molecule has 1 amide bonds. The predicted molar refractivity (Wildman–Crippen MR) is 53.7 cm³/mol. The number of hydrogen-bond acceptors (Lipinski definition) is 1. The molecule has 1 aliphatic rings. The Bertz CT molecular complexity index is 444. The van der Waals surface area contributed by atoms with Gasteiger partial charge in [0, 0.05) is 12.2 Å². The van der Waals surface area contributed by atoms with Gasteiger partial charge in [-0.05, 0) is 41.8 Å². The second-order valence-corrected chi connectivity index (χ2v) is 3.82. The van der Waals surface area contributed by atoms with Gasteiger partial charge in [0.05, 0.1) is 5.56 Å². The molecule has 6 heteroatoms. The lowest BCUT2D eigenvalue weighted by atomic mass is 10.1. The summed E-state index contributed by atoms with van der Waals surface area (Å²) in [7, 11) is 0. The smallest absolute Gasteiger partial charge is 0.298 e. The molecule has 0 unspecified atom stereocenters. The summed E-state index contributed by atoms with van der Waals surface area (Å²) in [5, 5.41) is -0.668. The highest BCUT2D eigenvalue weighted by Gasteiger charge is 2.33. The van der Waals surface area contributed by atoms with Crippen molar-refractivity contribution >= 4 is 22.7 Å². The Morgan fingerprint density at radius 2 is 2.06 bits per heavy atom. The number of anilines is 1. The first-order chi connectivity index (χ1) is 7.39. The fourth-order valence-electron chi connectivity index (χ4n) is 1.76. The Morgan fingerprint density at radius 3 is 2.62 bits per heavy atom. The zero-order chi connectivity index (χ0) is 11.9. The van der Waals surface area contributed by atoms with E-state index in [9.17, 15) is 18.0 Å². The number of rotatable bonds is 0. The summed E-state index contributed by atoms with van der Waals surface area (Å²) >= 11 is 5.31. The molecule has 16 heavy (non-hydrogen) atoms. The van der Waals surface area contributed by atoms with Gasteiger partial charge >= 0.3 is 11.5 Å². The molecule has 0 aromatic heterocycles. The van der Waals surface area contributed by atoms with Crippen LogP contribution in [0.25, 0.3) is 0 Å².